The van der Waals surface area contributed by atoms with Crippen molar-refractivity contribution in [2.75, 3.05) is 0 Å². The van der Waals surface area contributed by atoms with E-state index in [1.165, 1.54) is 5.56 Å². The first-order valence-corrected chi connectivity index (χ1v) is 5.16. The molecule has 1 aromatic rings. The van der Waals surface area contributed by atoms with Crippen molar-refractivity contribution in [3.63, 3.8) is 0 Å². The van der Waals surface area contributed by atoms with E-state index in [0.29, 0.717) is 5.92 Å². The molecule has 1 fully saturated rings. The number of hydrogen-bond donors (Lipinski definition) is 2. The second-order valence-electron chi connectivity index (χ2n) is 4.16. The zero-order valence-corrected chi connectivity index (χ0v) is 8.13. The van der Waals surface area contributed by atoms with E-state index in [9.17, 15) is 10.2 Å². The Labute approximate surface area is 84.2 Å². The summed E-state index contributed by atoms with van der Waals surface area (Å²) in [6, 6.07) is 10.2. The van der Waals surface area contributed by atoms with Gasteiger partial charge in [-0.1, -0.05) is 30.3 Å². The van der Waals surface area contributed by atoms with Gasteiger partial charge in [0.1, 0.15) is 0 Å². The molecule has 1 aliphatic carbocycles. The summed E-state index contributed by atoms with van der Waals surface area (Å²) in [7, 11) is 0. The zero-order valence-electron chi connectivity index (χ0n) is 8.13. The Morgan fingerprint density at radius 1 is 1.00 bits per heavy atom. The van der Waals surface area contributed by atoms with E-state index in [1.54, 1.807) is 0 Å². The van der Waals surface area contributed by atoms with Gasteiger partial charge in [0.2, 0.25) is 0 Å². The number of hydrogen-bond acceptors (Lipinski definition) is 2. The number of aliphatic hydroxyl groups excluding tert-OH is 2. The van der Waals surface area contributed by atoms with Crippen LogP contribution >= 0.6 is 0 Å². The third-order valence-corrected chi connectivity index (χ3v) is 2.96. The van der Waals surface area contributed by atoms with Crippen LogP contribution in [0.3, 0.4) is 0 Å². The van der Waals surface area contributed by atoms with Gasteiger partial charge in [0.05, 0.1) is 12.2 Å². The summed E-state index contributed by atoms with van der Waals surface area (Å²) >= 11 is 0. The normalized spacial score (nSPS) is 32.0. The van der Waals surface area contributed by atoms with Gasteiger partial charge in [0, 0.05) is 0 Å². The van der Waals surface area contributed by atoms with Crippen LogP contribution in [0.15, 0.2) is 30.3 Å². The first-order chi connectivity index (χ1) is 6.75. The molecule has 1 aromatic carbocycles. The molecule has 2 nitrogen and oxygen atoms in total. The molecule has 3 atom stereocenters. The topological polar surface area (TPSA) is 40.5 Å². The van der Waals surface area contributed by atoms with Crippen molar-refractivity contribution in [1.82, 2.24) is 0 Å². The number of rotatable bonds is 2. The van der Waals surface area contributed by atoms with E-state index in [4.69, 9.17) is 0 Å². The average Bonchev–Trinajstić information content (AvgIpc) is 2.47. The van der Waals surface area contributed by atoms with Gasteiger partial charge in [0.25, 0.3) is 0 Å². The Bertz CT molecular complexity index is 274. The second-order valence-corrected chi connectivity index (χ2v) is 4.16. The SMILES string of the molecule is O[C@@H]1CC(Cc2ccccc2)C[C@@H]1O. The monoisotopic (exact) mass is 192 g/mol. The Morgan fingerprint density at radius 2 is 1.57 bits per heavy atom. The summed E-state index contributed by atoms with van der Waals surface area (Å²) in [6.45, 7) is 0. The highest BCUT2D eigenvalue weighted by Crippen LogP contribution is 2.28. The maximum absolute atomic E-state index is 9.40. The molecule has 0 heterocycles. The van der Waals surface area contributed by atoms with Crippen molar-refractivity contribution < 1.29 is 10.2 Å². The van der Waals surface area contributed by atoms with Crippen molar-refractivity contribution in [2.24, 2.45) is 5.92 Å². The largest absolute Gasteiger partial charge is 0.390 e. The van der Waals surface area contributed by atoms with Gasteiger partial charge in [-0.05, 0) is 30.7 Å². The molecule has 0 aromatic heterocycles. The Morgan fingerprint density at radius 3 is 2.14 bits per heavy atom. The van der Waals surface area contributed by atoms with Crippen molar-refractivity contribution in [3.8, 4) is 0 Å². The highest BCUT2D eigenvalue weighted by atomic mass is 16.3. The molecular formula is C12H16O2. The lowest BCUT2D eigenvalue weighted by Gasteiger charge is -2.08. The summed E-state index contributed by atoms with van der Waals surface area (Å²) in [6.07, 6.45) is 1.41. The smallest absolute Gasteiger partial charge is 0.0802 e. The summed E-state index contributed by atoms with van der Waals surface area (Å²) in [5.74, 6) is 0.433. The van der Waals surface area contributed by atoms with Crippen molar-refractivity contribution in [2.45, 2.75) is 31.5 Å². The highest BCUT2D eigenvalue weighted by molar-refractivity contribution is 5.15. The quantitative estimate of drug-likeness (QED) is 0.742. The van der Waals surface area contributed by atoms with Crippen LogP contribution in [0.2, 0.25) is 0 Å². The Hall–Kier alpha value is -0.860. The number of benzene rings is 1. The first-order valence-electron chi connectivity index (χ1n) is 5.16. The molecule has 1 aliphatic rings. The van der Waals surface area contributed by atoms with E-state index in [1.807, 2.05) is 18.2 Å². The van der Waals surface area contributed by atoms with Gasteiger partial charge in [-0.25, -0.2) is 0 Å². The van der Waals surface area contributed by atoms with E-state index >= 15 is 0 Å². The van der Waals surface area contributed by atoms with Crippen LogP contribution in [-0.4, -0.2) is 22.4 Å². The predicted molar refractivity (Wildman–Crippen MR) is 54.9 cm³/mol. The lowest BCUT2D eigenvalue weighted by Crippen LogP contribution is -2.17. The van der Waals surface area contributed by atoms with Crippen LogP contribution in [0.25, 0.3) is 0 Å². The molecule has 0 amide bonds. The zero-order chi connectivity index (χ0) is 9.97. The van der Waals surface area contributed by atoms with Crippen LogP contribution in [-0.2, 0) is 6.42 Å². The molecule has 0 saturated heterocycles. The molecule has 14 heavy (non-hydrogen) atoms. The minimum atomic E-state index is -0.510. The molecular weight excluding hydrogens is 176 g/mol. The summed E-state index contributed by atoms with van der Waals surface area (Å²) < 4.78 is 0. The highest BCUT2D eigenvalue weighted by Gasteiger charge is 2.31. The van der Waals surface area contributed by atoms with Crippen molar-refractivity contribution in [3.05, 3.63) is 35.9 Å². The molecule has 2 heteroatoms. The Balaban J connectivity index is 1.94. The van der Waals surface area contributed by atoms with Crippen LogP contribution in [0, 0.1) is 5.92 Å². The van der Waals surface area contributed by atoms with E-state index in [0.717, 1.165) is 19.3 Å². The van der Waals surface area contributed by atoms with Crippen LogP contribution in [0.1, 0.15) is 18.4 Å². The van der Waals surface area contributed by atoms with Crippen LogP contribution in [0.4, 0.5) is 0 Å². The summed E-state index contributed by atoms with van der Waals surface area (Å²) in [5, 5.41) is 18.8. The number of aliphatic hydroxyl groups is 2. The van der Waals surface area contributed by atoms with Crippen molar-refractivity contribution in [1.29, 1.82) is 0 Å². The minimum Gasteiger partial charge on any atom is -0.390 e. The van der Waals surface area contributed by atoms with Gasteiger partial charge < -0.3 is 10.2 Å². The fraction of sp³-hybridized carbons (Fsp3) is 0.500. The second kappa shape index (κ2) is 4.11. The van der Waals surface area contributed by atoms with Crippen LogP contribution < -0.4 is 0 Å². The minimum absolute atomic E-state index is 0.433. The van der Waals surface area contributed by atoms with Gasteiger partial charge in [0.15, 0.2) is 0 Å². The average molecular weight is 192 g/mol. The molecule has 76 valence electrons. The maximum Gasteiger partial charge on any atom is 0.0802 e. The van der Waals surface area contributed by atoms with Gasteiger partial charge >= 0.3 is 0 Å². The molecule has 0 bridgehead atoms. The lowest BCUT2D eigenvalue weighted by molar-refractivity contribution is 0.0438. The molecule has 2 N–H and O–H groups in total. The molecule has 2 rings (SSSR count). The predicted octanol–water partition coefficient (Wildman–Crippen LogP) is 1.36. The van der Waals surface area contributed by atoms with Crippen LogP contribution in [0.5, 0.6) is 0 Å². The lowest BCUT2D eigenvalue weighted by atomic mass is 9.98. The standard InChI is InChI=1S/C12H16O2/c13-11-7-10(8-12(11)14)6-9-4-2-1-3-5-9/h1-5,10-14H,6-8H2/t10?,11-,12+. The molecule has 1 saturated carbocycles. The summed E-state index contributed by atoms with van der Waals surface area (Å²) in [5.41, 5.74) is 1.29. The molecule has 0 spiro atoms. The third kappa shape index (κ3) is 2.14. The fourth-order valence-electron chi connectivity index (χ4n) is 2.21. The molecule has 0 aliphatic heterocycles. The van der Waals surface area contributed by atoms with Crippen molar-refractivity contribution >= 4 is 0 Å². The van der Waals surface area contributed by atoms with Gasteiger partial charge in [-0.3, -0.25) is 0 Å². The molecule has 1 unspecified atom stereocenters. The fourth-order valence-corrected chi connectivity index (χ4v) is 2.21. The third-order valence-electron chi connectivity index (χ3n) is 2.96. The maximum atomic E-state index is 9.40. The Kier molecular flexibility index (Phi) is 2.85. The summed E-state index contributed by atoms with van der Waals surface area (Å²) in [4.78, 5) is 0. The van der Waals surface area contributed by atoms with Gasteiger partial charge in [-0.15, -0.1) is 0 Å². The van der Waals surface area contributed by atoms with E-state index < -0.39 is 12.2 Å². The first kappa shape index (κ1) is 9.69. The van der Waals surface area contributed by atoms with Gasteiger partial charge in [-0.2, -0.15) is 0 Å². The molecule has 0 radical (unpaired) electrons. The van der Waals surface area contributed by atoms with E-state index in [2.05, 4.69) is 12.1 Å². The van der Waals surface area contributed by atoms with E-state index in [-0.39, 0.29) is 0 Å².